The fourth-order valence-electron chi connectivity index (χ4n) is 1.46. The van der Waals surface area contributed by atoms with Gasteiger partial charge in [-0.1, -0.05) is 30.3 Å². The second-order valence-corrected chi connectivity index (χ2v) is 3.01. The van der Waals surface area contributed by atoms with Gasteiger partial charge >= 0.3 is 0 Å². The van der Waals surface area contributed by atoms with E-state index in [0.29, 0.717) is 0 Å². The summed E-state index contributed by atoms with van der Waals surface area (Å²) in [6, 6.07) is 14.6. The first kappa shape index (κ1) is 8.11. The van der Waals surface area contributed by atoms with Crippen LogP contribution >= 0.6 is 0 Å². The van der Waals surface area contributed by atoms with Crippen LogP contribution in [0.2, 0.25) is 0 Å². The van der Waals surface area contributed by atoms with E-state index in [4.69, 9.17) is 0 Å². The van der Waals surface area contributed by atoms with Gasteiger partial charge in [0.15, 0.2) is 0 Å². The van der Waals surface area contributed by atoms with Crippen LogP contribution in [0.25, 0.3) is 10.8 Å². The van der Waals surface area contributed by atoms with Crippen molar-refractivity contribution in [2.75, 3.05) is 6.54 Å². The maximum absolute atomic E-state index is 4.36. The second-order valence-electron chi connectivity index (χ2n) is 3.01. The molecule has 0 heterocycles. The van der Waals surface area contributed by atoms with Crippen molar-refractivity contribution < 1.29 is 0 Å². The Morgan fingerprint density at radius 3 is 2.54 bits per heavy atom. The van der Waals surface area contributed by atoms with E-state index in [1.807, 2.05) is 0 Å². The third-order valence-electron chi connectivity index (χ3n) is 2.07. The first-order chi connectivity index (χ1) is 6.40. The summed E-state index contributed by atoms with van der Waals surface area (Å²) >= 11 is 0. The van der Waals surface area contributed by atoms with Crippen LogP contribution in [0.1, 0.15) is 6.92 Å². The molecule has 0 spiro atoms. The van der Waals surface area contributed by atoms with Crippen LogP contribution in [0.3, 0.4) is 0 Å². The van der Waals surface area contributed by atoms with E-state index in [0.717, 1.165) is 12.2 Å². The molecule has 1 nitrogen and oxygen atoms in total. The number of benzene rings is 2. The molecule has 0 atom stereocenters. The van der Waals surface area contributed by atoms with Gasteiger partial charge in [-0.05, 0) is 29.8 Å². The zero-order valence-electron chi connectivity index (χ0n) is 7.70. The summed E-state index contributed by atoms with van der Waals surface area (Å²) in [5.74, 6) is 0. The molecule has 2 aromatic rings. The fraction of sp³-hybridized carbons (Fsp3) is 0.167. The number of fused-ring (bicyclic) bond motifs is 1. The molecule has 2 rings (SSSR count). The standard InChI is InChI=1S/C12H12N/c1-2-13-12-8-7-10-5-3-4-6-11(10)9-12/h3-9H,2H2,1H3. The van der Waals surface area contributed by atoms with Crippen LogP contribution in [-0.4, -0.2) is 6.54 Å². The molecule has 65 valence electrons. The van der Waals surface area contributed by atoms with Crippen LogP contribution in [0, 0.1) is 0 Å². The zero-order valence-corrected chi connectivity index (χ0v) is 7.70. The first-order valence-electron chi connectivity index (χ1n) is 4.56. The van der Waals surface area contributed by atoms with Gasteiger partial charge in [-0.2, -0.15) is 0 Å². The van der Waals surface area contributed by atoms with Gasteiger partial charge in [0.05, 0.1) is 5.69 Å². The maximum Gasteiger partial charge on any atom is 0.0580 e. The van der Waals surface area contributed by atoms with Crippen molar-refractivity contribution in [2.24, 2.45) is 0 Å². The zero-order chi connectivity index (χ0) is 9.10. The van der Waals surface area contributed by atoms with Gasteiger partial charge in [0, 0.05) is 6.54 Å². The van der Waals surface area contributed by atoms with Crippen molar-refractivity contribution >= 4 is 16.5 Å². The van der Waals surface area contributed by atoms with E-state index in [1.54, 1.807) is 0 Å². The fourth-order valence-corrected chi connectivity index (χ4v) is 1.46. The minimum Gasteiger partial charge on any atom is -0.286 e. The lowest BCUT2D eigenvalue weighted by Gasteiger charge is -2.01. The van der Waals surface area contributed by atoms with Gasteiger partial charge < -0.3 is 0 Å². The normalized spacial score (nSPS) is 10.2. The van der Waals surface area contributed by atoms with Crippen LogP contribution < -0.4 is 5.32 Å². The molecule has 0 aromatic heterocycles. The van der Waals surface area contributed by atoms with Crippen molar-refractivity contribution in [1.82, 2.24) is 5.32 Å². The Morgan fingerprint density at radius 1 is 1.00 bits per heavy atom. The molecule has 1 heteroatoms. The average molecular weight is 170 g/mol. The highest BCUT2D eigenvalue weighted by Crippen LogP contribution is 2.18. The Hall–Kier alpha value is -1.50. The van der Waals surface area contributed by atoms with Crippen LogP contribution in [0.15, 0.2) is 42.5 Å². The Balaban J connectivity index is 2.49. The van der Waals surface area contributed by atoms with E-state index in [1.165, 1.54) is 10.8 Å². The predicted molar refractivity (Wildman–Crippen MR) is 56.3 cm³/mol. The van der Waals surface area contributed by atoms with Crippen molar-refractivity contribution in [1.29, 1.82) is 0 Å². The topological polar surface area (TPSA) is 14.1 Å². The molecule has 0 amide bonds. The second kappa shape index (κ2) is 3.48. The summed E-state index contributed by atoms with van der Waals surface area (Å²) in [6.45, 7) is 2.90. The van der Waals surface area contributed by atoms with Crippen LogP contribution in [0.5, 0.6) is 0 Å². The molecule has 0 aliphatic heterocycles. The molecular formula is C12H12N. The molecule has 13 heavy (non-hydrogen) atoms. The third-order valence-corrected chi connectivity index (χ3v) is 2.07. The largest absolute Gasteiger partial charge is 0.286 e. The van der Waals surface area contributed by atoms with Gasteiger partial charge in [-0.15, -0.1) is 0 Å². The van der Waals surface area contributed by atoms with E-state index >= 15 is 0 Å². The highest BCUT2D eigenvalue weighted by atomic mass is 14.8. The molecule has 0 fully saturated rings. The lowest BCUT2D eigenvalue weighted by molar-refractivity contribution is 0.914. The van der Waals surface area contributed by atoms with Gasteiger partial charge in [0.25, 0.3) is 0 Å². The third kappa shape index (κ3) is 1.64. The van der Waals surface area contributed by atoms with Crippen molar-refractivity contribution in [3.05, 3.63) is 42.5 Å². The van der Waals surface area contributed by atoms with Gasteiger partial charge in [0.1, 0.15) is 0 Å². The van der Waals surface area contributed by atoms with Crippen LogP contribution in [0.4, 0.5) is 5.69 Å². The monoisotopic (exact) mass is 170 g/mol. The number of nitrogens with zero attached hydrogens (tertiary/aromatic N) is 1. The Kier molecular flexibility index (Phi) is 2.17. The summed E-state index contributed by atoms with van der Waals surface area (Å²) in [4.78, 5) is 0. The molecule has 0 saturated carbocycles. The van der Waals surface area contributed by atoms with Gasteiger partial charge in [-0.25, -0.2) is 0 Å². The highest BCUT2D eigenvalue weighted by molar-refractivity contribution is 5.84. The summed E-state index contributed by atoms with van der Waals surface area (Å²) in [6.07, 6.45) is 0. The van der Waals surface area contributed by atoms with E-state index in [9.17, 15) is 0 Å². The smallest absolute Gasteiger partial charge is 0.0580 e. The number of hydrogen-bond donors (Lipinski definition) is 0. The predicted octanol–water partition coefficient (Wildman–Crippen LogP) is 3.10. The molecule has 0 unspecified atom stereocenters. The molecular weight excluding hydrogens is 158 g/mol. The van der Waals surface area contributed by atoms with Crippen LogP contribution in [-0.2, 0) is 0 Å². The molecule has 0 N–H and O–H groups in total. The lowest BCUT2D eigenvalue weighted by Crippen LogP contribution is -1.93. The van der Waals surface area contributed by atoms with E-state index < -0.39 is 0 Å². The summed E-state index contributed by atoms with van der Waals surface area (Å²) in [5.41, 5.74) is 1.07. The molecule has 0 aliphatic carbocycles. The number of rotatable bonds is 2. The Morgan fingerprint density at radius 2 is 1.77 bits per heavy atom. The summed E-state index contributed by atoms with van der Waals surface area (Å²) < 4.78 is 0. The van der Waals surface area contributed by atoms with E-state index in [-0.39, 0.29) is 0 Å². The van der Waals surface area contributed by atoms with Crippen molar-refractivity contribution in [3.8, 4) is 0 Å². The van der Waals surface area contributed by atoms with E-state index in [2.05, 4.69) is 54.7 Å². The molecule has 0 aliphatic rings. The van der Waals surface area contributed by atoms with Crippen molar-refractivity contribution in [2.45, 2.75) is 6.92 Å². The molecule has 1 radical (unpaired) electrons. The molecule has 2 aromatic carbocycles. The minimum absolute atomic E-state index is 0.846. The quantitative estimate of drug-likeness (QED) is 0.657. The minimum atomic E-state index is 0.846. The molecule has 0 bridgehead atoms. The van der Waals surface area contributed by atoms with Gasteiger partial charge in [0.2, 0.25) is 0 Å². The van der Waals surface area contributed by atoms with Gasteiger partial charge in [-0.3, -0.25) is 5.32 Å². The Bertz CT molecular complexity index is 407. The lowest BCUT2D eigenvalue weighted by atomic mass is 10.1. The molecule has 0 saturated heterocycles. The number of hydrogen-bond acceptors (Lipinski definition) is 0. The Labute approximate surface area is 78.4 Å². The summed E-state index contributed by atoms with van der Waals surface area (Å²) in [7, 11) is 0. The average Bonchev–Trinajstić information content (AvgIpc) is 2.18. The first-order valence-corrected chi connectivity index (χ1v) is 4.56. The maximum atomic E-state index is 4.36. The summed E-state index contributed by atoms with van der Waals surface area (Å²) in [5, 5.41) is 6.89. The SMILES string of the molecule is CC[N]c1ccc2ccccc2c1. The van der Waals surface area contributed by atoms with Crippen molar-refractivity contribution in [3.63, 3.8) is 0 Å². The highest BCUT2D eigenvalue weighted by Gasteiger charge is 1.94.